The van der Waals surface area contributed by atoms with Gasteiger partial charge in [0.25, 0.3) is 0 Å². The Labute approximate surface area is 122 Å². The Kier molecular flexibility index (Phi) is 4.01. The van der Waals surface area contributed by atoms with Gasteiger partial charge in [0.2, 0.25) is 0 Å². The maximum atomic E-state index is 12.8. The molecule has 20 heavy (non-hydrogen) atoms. The van der Waals surface area contributed by atoms with E-state index in [2.05, 4.69) is 0 Å². The van der Waals surface area contributed by atoms with Crippen molar-refractivity contribution in [1.29, 1.82) is 0 Å². The average molecular weight is 322 g/mol. The molecular weight excluding hydrogens is 314 g/mol. The molecule has 2 aromatic carbocycles. The number of hydrogen-bond acceptors (Lipinski definition) is 2. The molecule has 0 saturated carbocycles. The maximum absolute atomic E-state index is 12.8. The summed E-state index contributed by atoms with van der Waals surface area (Å²) in [5.74, 6) is -0.346. The van der Waals surface area contributed by atoms with E-state index >= 15 is 0 Å². The van der Waals surface area contributed by atoms with Crippen molar-refractivity contribution >= 4 is 28.9 Å². The molecule has 0 amide bonds. The summed E-state index contributed by atoms with van der Waals surface area (Å²) in [6.45, 7) is 0. The number of anilines is 1. The Hall–Kier alpha value is -1.59. The van der Waals surface area contributed by atoms with E-state index in [1.165, 1.54) is 30.3 Å². The number of ether oxygens (including phenoxy) is 1. The highest BCUT2D eigenvalue weighted by Gasteiger charge is 2.34. The van der Waals surface area contributed by atoms with Crippen LogP contribution in [0.4, 0.5) is 18.9 Å². The van der Waals surface area contributed by atoms with Gasteiger partial charge in [0, 0.05) is 6.07 Å². The molecule has 2 N–H and O–H groups in total. The Morgan fingerprint density at radius 2 is 1.55 bits per heavy atom. The van der Waals surface area contributed by atoms with Gasteiger partial charge in [0.15, 0.2) is 5.75 Å². The topological polar surface area (TPSA) is 35.2 Å². The normalized spacial score (nSPS) is 11.4. The van der Waals surface area contributed by atoms with Gasteiger partial charge in [0.05, 0.1) is 21.3 Å². The zero-order chi connectivity index (χ0) is 14.9. The van der Waals surface area contributed by atoms with Crippen LogP contribution in [0.2, 0.25) is 10.0 Å². The number of alkyl halides is 3. The number of para-hydroxylation sites is 1. The number of nitrogen functional groups attached to an aromatic ring is 1. The summed E-state index contributed by atoms with van der Waals surface area (Å²) in [6, 6.07) is 7.40. The van der Waals surface area contributed by atoms with Crippen LogP contribution in [-0.2, 0) is 6.18 Å². The van der Waals surface area contributed by atoms with E-state index in [-0.39, 0.29) is 27.2 Å². The molecule has 2 rings (SSSR count). The summed E-state index contributed by atoms with van der Waals surface area (Å²) in [4.78, 5) is 0. The number of hydrogen-bond donors (Lipinski definition) is 1. The van der Waals surface area contributed by atoms with E-state index in [9.17, 15) is 13.2 Å². The highest BCUT2D eigenvalue weighted by molar-refractivity contribution is 6.42. The summed E-state index contributed by atoms with van der Waals surface area (Å²) < 4.78 is 43.7. The smallest absolute Gasteiger partial charge is 0.419 e. The van der Waals surface area contributed by atoms with Gasteiger partial charge in [-0.2, -0.15) is 13.2 Å². The van der Waals surface area contributed by atoms with E-state index in [1.54, 1.807) is 0 Å². The minimum absolute atomic E-state index is 0.0103. The summed E-state index contributed by atoms with van der Waals surface area (Å²) in [5, 5.41) is 0.334. The lowest BCUT2D eigenvalue weighted by atomic mass is 10.2. The molecule has 0 aliphatic rings. The van der Waals surface area contributed by atoms with Crippen molar-refractivity contribution in [3.63, 3.8) is 0 Å². The molecule has 2 aromatic rings. The Morgan fingerprint density at radius 1 is 0.950 bits per heavy atom. The minimum atomic E-state index is -4.53. The molecule has 0 heterocycles. The first kappa shape index (κ1) is 14.8. The molecule has 0 aliphatic carbocycles. The van der Waals surface area contributed by atoms with Gasteiger partial charge in [0.1, 0.15) is 5.75 Å². The predicted molar refractivity (Wildman–Crippen MR) is 72.4 cm³/mol. The highest BCUT2D eigenvalue weighted by Crippen LogP contribution is 2.40. The van der Waals surface area contributed by atoms with Crippen LogP contribution in [0, 0.1) is 0 Å². The van der Waals surface area contributed by atoms with Crippen LogP contribution < -0.4 is 10.5 Å². The number of halogens is 5. The van der Waals surface area contributed by atoms with E-state index in [0.717, 1.165) is 6.07 Å². The summed E-state index contributed by atoms with van der Waals surface area (Å²) in [5.41, 5.74) is 4.84. The van der Waals surface area contributed by atoms with Crippen LogP contribution in [0.25, 0.3) is 0 Å². The van der Waals surface area contributed by atoms with Crippen LogP contribution >= 0.6 is 23.2 Å². The van der Waals surface area contributed by atoms with E-state index in [4.69, 9.17) is 33.7 Å². The van der Waals surface area contributed by atoms with Crippen molar-refractivity contribution in [2.24, 2.45) is 0 Å². The van der Waals surface area contributed by atoms with Crippen molar-refractivity contribution < 1.29 is 17.9 Å². The fourth-order valence-corrected chi connectivity index (χ4v) is 1.87. The first-order valence-corrected chi connectivity index (χ1v) is 6.13. The largest absolute Gasteiger partial charge is 0.455 e. The maximum Gasteiger partial charge on any atom is 0.419 e. The van der Waals surface area contributed by atoms with E-state index in [1.807, 2.05) is 0 Å². The number of benzene rings is 2. The molecule has 0 saturated heterocycles. The van der Waals surface area contributed by atoms with Gasteiger partial charge < -0.3 is 10.5 Å². The molecule has 0 atom stereocenters. The SMILES string of the molecule is Nc1cc(Cl)c(Cl)cc1Oc1ccccc1C(F)(F)F. The molecule has 0 bridgehead atoms. The fourth-order valence-electron chi connectivity index (χ4n) is 1.54. The molecular formula is C13H8Cl2F3NO. The number of rotatable bonds is 2. The molecule has 0 aromatic heterocycles. The highest BCUT2D eigenvalue weighted by atomic mass is 35.5. The van der Waals surface area contributed by atoms with Crippen LogP contribution in [-0.4, -0.2) is 0 Å². The van der Waals surface area contributed by atoms with Crippen LogP contribution in [0.3, 0.4) is 0 Å². The second kappa shape index (κ2) is 5.42. The molecule has 7 heteroatoms. The standard InChI is InChI=1S/C13H8Cl2F3NO/c14-8-5-10(19)12(6-9(8)15)20-11-4-2-1-3-7(11)13(16,17)18/h1-6H,19H2. The van der Waals surface area contributed by atoms with Crippen molar-refractivity contribution in [2.45, 2.75) is 6.18 Å². The minimum Gasteiger partial charge on any atom is -0.455 e. The van der Waals surface area contributed by atoms with Gasteiger partial charge in [-0.25, -0.2) is 0 Å². The van der Waals surface area contributed by atoms with E-state index < -0.39 is 11.7 Å². The first-order chi connectivity index (χ1) is 9.29. The number of nitrogens with two attached hydrogens (primary N) is 1. The van der Waals surface area contributed by atoms with Crippen LogP contribution in [0.5, 0.6) is 11.5 Å². The zero-order valence-corrected chi connectivity index (χ0v) is 11.4. The molecule has 0 unspecified atom stereocenters. The summed E-state index contributed by atoms with van der Waals surface area (Å²) >= 11 is 11.5. The third kappa shape index (κ3) is 3.11. The van der Waals surface area contributed by atoms with E-state index in [0.29, 0.717) is 0 Å². The lowest BCUT2D eigenvalue weighted by molar-refractivity contribution is -0.138. The Morgan fingerprint density at radius 3 is 2.20 bits per heavy atom. The predicted octanol–water partition coefficient (Wildman–Crippen LogP) is 5.39. The van der Waals surface area contributed by atoms with Gasteiger partial charge in [-0.15, -0.1) is 0 Å². The summed E-state index contributed by atoms with van der Waals surface area (Å²) in [6.07, 6.45) is -4.53. The van der Waals surface area contributed by atoms with Crippen molar-refractivity contribution in [3.8, 4) is 11.5 Å². The first-order valence-electron chi connectivity index (χ1n) is 5.37. The monoisotopic (exact) mass is 321 g/mol. The molecule has 0 spiro atoms. The fraction of sp³-hybridized carbons (Fsp3) is 0.0769. The van der Waals surface area contributed by atoms with Crippen molar-refractivity contribution in [2.75, 3.05) is 5.73 Å². The lowest BCUT2D eigenvalue weighted by Gasteiger charge is -2.15. The quantitative estimate of drug-likeness (QED) is 0.753. The molecule has 0 fully saturated rings. The third-order valence-electron chi connectivity index (χ3n) is 2.47. The second-order valence-electron chi connectivity index (χ2n) is 3.90. The molecule has 106 valence electrons. The van der Waals surface area contributed by atoms with Crippen LogP contribution in [0.15, 0.2) is 36.4 Å². The third-order valence-corrected chi connectivity index (χ3v) is 3.19. The van der Waals surface area contributed by atoms with Crippen molar-refractivity contribution in [3.05, 3.63) is 52.0 Å². The average Bonchev–Trinajstić information content (AvgIpc) is 2.35. The zero-order valence-electron chi connectivity index (χ0n) is 9.84. The van der Waals surface area contributed by atoms with Crippen LogP contribution in [0.1, 0.15) is 5.56 Å². The van der Waals surface area contributed by atoms with Gasteiger partial charge in [-0.1, -0.05) is 35.3 Å². The van der Waals surface area contributed by atoms with Gasteiger partial charge in [-0.3, -0.25) is 0 Å². The lowest BCUT2D eigenvalue weighted by Crippen LogP contribution is -2.07. The Balaban J connectivity index is 2.43. The second-order valence-corrected chi connectivity index (χ2v) is 4.71. The summed E-state index contributed by atoms with van der Waals surface area (Å²) in [7, 11) is 0. The van der Waals surface area contributed by atoms with Crippen molar-refractivity contribution in [1.82, 2.24) is 0 Å². The molecule has 0 radical (unpaired) electrons. The van der Waals surface area contributed by atoms with Gasteiger partial charge >= 0.3 is 6.18 Å². The van der Waals surface area contributed by atoms with Gasteiger partial charge in [-0.05, 0) is 18.2 Å². The molecule has 0 aliphatic heterocycles. The Bertz CT molecular complexity index is 644. The molecule has 2 nitrogen and oxygen atoms in total.